The van der Waals surface area contributed by atoms with Crippen LogP contribution in [0.5, 0.6) is 0 Å². The van der Waals surface area contributed by atoms with Crippen LogP contribution in [0.1, 0.15) is 10.4 Å². The van der Waals surface area contributed by atoms with Gasteiger partial charge in [0.1, 0.15) is 5.82 Å². The molecular weight excluding hydrogens is 324 g/mol. The van der Waals surface area contributed by atoms with E-state index in [4.69, 9.17) is 5.11 Å². The number of rotatable bonds is 5. The molecule has 1 N–H and O–H groups in total. The van der Waals surface area contributed by atoms with Crippen LogP contribution < -0.4 is 0 Å². The first-order valence-corrected chi connectivity index (χ1v) is 7.63. The molecule has 1 rings (SSSR count). The van der Waals surface area contributed by atoms with Crippen molar-refractivity contribution in [3.05, 3.63) is 29.6 Å². The van der Waals surface area contributed by atoms with Gasteiger partial charge in [-0.25, -0.2) is 17.6 Å². The van der Waals surface area contributed by atoms with Crippen molar-refractivity contribution in [2.45, 2.75) is 10.4 Å². The van der Waals surface area contributed by atoms with Crippen LogP contribution in [-0.4, -0.2) is 36.5 Å². The molecule has 0 aliphatic carbocycles. The normalized spacial score (nSPS) is 12.4. The van der Waals surface area contributed by atoms with Crippen LogP contribution in [0.4, 0.5) is 17.6 Å². The lowest BCUT2D eigenvalue weighted by molar-refractivity contribution is -0.0326. The van der Waals surface area contributed by atoms with E-state index < -0.39 is 60.9 Å². The Kier molecular flexibility index (Phi) is 5.03. The van der Waals surface area contributed by atoms with Crippen LogP contribution in [-0.2, 0) is 9.84 Å². The third kappa shape index (κ3) is 4.67. The molecule has 112 valence electrons. The topological polar surface area (TPSA) is 71.4 Å². The van der Waals surface area contributed by atoms with Crippen molar-refractivity contribution in [1.29, 1.82) is 0 Å². The summed E-state index contributed by atoms with van der Waals surface area (Å²) in [4.78, 5) is 10.1. The van der Waals surface area contributed by atoms with E-state index in [1.807, 2.05) is 0 Å². The molecule has 20 heavy (non-hydrogen) atoms. The number of carboxylic acid groups (broad SMARTS) is 1. The summed E-state index contributed by atoms with van der Waals surface area (Å²) in [5, 5.41) is 8.65. The number of hydrogen-bond acceptors (Lipinski definition) is 4. The van der Waals surface area contributed by atoms with Crippen molar-refractivity contribution in [2.24, 2.45) is 0 Å². The molecule has 1 aromatic carbocycles. The first kappa shape index (κ1) is 16.8. The molecule has 0 bridgehead atoms. The van der Waals surface area contributed by atoms with Crippen molar-refractivity contribution >= 4 is 27.6 Å². The number of aromatic carboxylic acids is 1. The van der Waals surface area contributed by atoms with Crippen molar-refractivity contribution in [3.63, 3.8) is 0 Å². The van der Waals surface area contributed by atoms with E-state index >= 15 is 0 Å². The first-order chi connectivity index (χ1) is 9.03. The number of halogens is 4. The minimum absolute atomic E-state index is 0.501. The van der Waals surface area contributed by atoms with E-state index in [0.29, 0.717) is 12.1 Å². The van der Waals surface area contributed by atoms with E-state index in [0.717, 1.165) is 6.07 Å². The summed E-state index contributed by atoms with van der Waals surface area (Å²) in [5.41, 5.74) is -5.40. The Bertz CT molecular complexity index is 610. The second kappa shape index (κ2) is 6.00. The molecular formula is C10H8F4O4S2. The molecule has 0 unspecified atom stereocenters. The quantitative estimate of drug-likeness (QED) is 0.663. The second-order valence-corrected chi connectivity index (χ2v) is 6.83. The molecule has 0 amide bonds. The highest BCUT2D eigenvalue weighted by Crippen LogP contribution is 2.30. The summed E-state index contributed by atoms with van der Waals surface area (Å²) < 4.78 is 72.2. The summed E-state index contributed by atoms with van der Waals surface area (Å²) >= 11 is -0.501. The third-order valence-corrected chi connectivity index (χ3v) is 4.85. The minimum atomic E-state index is -4.55. The number of hydrogen-bond donors (Lipinski definition) is 1. The fourth-order valence-electron chi connectivity index (χ4n) is 1.25. The van der Waals surface area contributed by atoms with Gasteiger partial charge in [0.05, 0.1) is 16.2 Å². The molecule has 0 heterocycles. The summed E-state index contributed by atoms with van der Waals surface area (Å²) in [6.45, 7) is 0. The third-order valence-electron chi connectivity index (χ3n) is 2.15. The number of sulfone groups is 1. The zero-order valence-electron chi connectivity index (χ0n) is 9.65. The fourth-order valence-corrected chi connectivity index (χ4v) is 3.50. The monoisotopic (exact) mass is 332 g/mol. The number of carbonyl (C=O) groups is 1. The lowest BCUT2D eigenvalue weighted by atomic mass is 10.2. The van der Waals surface area contributed by atoms with E-state index in [1.54, 1.807) is 0 Å². The van der Waals surface area contributed by atoms with Crippen LogP contribution in [0.15, 0.2) is 23.1 Å². The van der Waals surface area contributed by atoms with Gasteiger partial charge in [0.15, 0.2) is 9.84 Å². The predicted molar refractivity (Wildman–Crippen MR) is 63.9 cm³/mol. The smallest absolute Gasteiger partial charge is 0.441 e. The van der Waals surface area contributed by atoms with Gasteiger partial charge in [-0.2, -0.15) is 13.2 Å². The van der Waals surface area contributed by atoms with Crippen molar-refractivity contribution in [1.82, 2.24) is 0 Å². The van der Waals surface area contributed by atoms with Crippen molar-refractivity contribution in [3.8, 4) is 0 Å². The van der Waals surface area contributed by atoms with Crippen molar-refractivity contribution < 1.29 is 35.9 Å². The molecule has 0 atom stereocenters. The van der Waals surface area contributed by atoms with Gasteiger partial charge in [0.25, 0.3) is 0 Å². The maximum Gasteiger partial charge on any atom is 0.441 e. The number of benzene rings is 1. The SMILES string of the molecule is O=C(O)c1cc(S(=O)(=O)CCSC(F)(F)F)ccc1F. The number of thioether (sulfide) groups is 1. The lowest BCUT2D eigenvalue weighted by Gasteiger charge is -2.07. The van der Waals surface area contributed by atoms with Crippen LogP contribution in [0, 0.1) is 5.82 Å². The average molecular weight is 332 g/mol. The van der Waals surface area contributed by atoms with E-state index in [1.165, 1.54) is 0 Å². The van der Waals surface area contributed by atoms with Gasteiger partial charge in [0.2, 0.25) is 0 Å². The Morgan fingerprint density at radius 1 is 1.30 bits per heavy atom. The molecule has 4 nitrogen and oxygen atoms in total. The molecule has 0 saturated heterocycles. The summed E-state index contributed by atoms with van der Waals surface area (Å²) in [6, 6.07) is 2.05. The zero-order valence-corrected chi connectivity index (χ0v) is 11.3. The molecule has 0 aromatic heterocycles. The highest BCUT2D eigenvalue weighted by Gasteiger charge is 2.29. The van der Waals surface area contributed by atoms with E-state index in [2.05, 4.69) is 0 Å². The van der Waals surface area contributed by atoms with Gasteiger partial charge < -0.3 is 5.11 Å². The standard InChI is InChI=1S/C10H8F4O4S2/c11-8-2-1-6(5-7(8)9(15)16)20(17,18)4-3-19-10(12,13)14/h1-2,5H,3-4H2,(H,15,16). The molecule has 0 spiro atoms. The van der Waals surface area contributed by atoms with Crippen molar-refractivity contribution in [2.75, 3.05) is 11.5 Å². The van der Waals surface area contributed by atoms with Gasteiger partial charge in [-0.1, -0.05) is 0 Å². The summed E-state index contributed by atoms with van der Waals surface area (Å²) in [7, 11) is -4.11. The predicted octanol–water partition coefficient (Wildman–Crippen LogP) is 2.55. The first-order valence-electron chi connectivity index (χ1n) is 4.99. The Hall–Kier alpha value is -1.29. The zero-order chi connectivity index (χ0) is 15.6. The minimum Gasteiger partial charge on any atom is -0.478 e. The molecule has 0 fully saturated rings. The van der Waals surface area contributed by atoms with Crippen LogP contribution in [0.3, 0.4) is 0 Å². The van der Waals surface area contributed by atoms with Gasteiger partial charge in [-0.3, -0.25) is 0 Å². The second-order valence-electron chi connectivity index (χ2n) is 3.56. The summed E-state index contributed by atoms with van der Waals surface area (Å²) in [5.74, 6) is -4.35. The van der Waals surface area contributed by atoms with Gasteiger partial charge in [-0.15, -0.1) is 0 Å². The van der Waals surface area contributed by atoms with E-state index in [9.17, 15) is 30.8 Å². The lowest BCUT2D eigenvalue weighted by Crippen LogP contribution is -2.13. The molecule has 10 heteroatoms. The average Bonchev–Trinajstić information content (AvgIpc) is 2.26. The number of carboxylic acids is 1. The molecule has 0 aliphatic rings. The Balaban J connectivity index is 2.93. The van der Waals surface area contributed by atoms with Gasteiger partial charge in [-0.05, 0) is 30.0 Å². The van der Waals surface area contributed by atoms with E-state index in [-0.39, 0.29) is 0 Å². The number of alkyl halides is 3. The molecule has 0 saturated carbocycles. The Morgan fingerprint density at radius 2 is 1.90 bits per heavy atom. The van der Waals surface area contributed by atoms with Crippen LogP contribution in [0.2, 0.25) is 0 Å². The Morgan fingerprint density at radius 3 is 2.40 bits per heavy atom. The summed E-state index contributed by atoms with van der Waals surface area (Å²) in [6.07, 6.45) is 0. The largest absolute Gasteiger partial charge is 0.478 e. The fraction of sp³-hybridized carbons (Fsp3) is 0.300. The molecule has 0 aliphatic heterocycles. The van der Waals surface area contributed by atoms with Gasteiger partial charge in [0, 0.05) is 5.75 Å². The highest BCUT2D eigenvalue weighted by molar-refractivity contribution is 8.01. The molecule has 0 radical (unpaired) electrons. The highest BCUT2D eigenvalue weighted by atomic mass is 32.2. The molecule has 1 aromatic rings. The van der Waals surface area contributed by atoms with Crippen LogP contribution >= 0.6 is 11.8 Å². The maximum atomic E-state index is 13.1. The van der Waals surface area contributed by atoms with Gasteiger partial charge >= 0.3 is 11.5 Å². The van der Waals surface area contributed by atoms with Crippen LogP contribution in [0.25, 0.3) is 0 Å². The maximum absolute atomic E-state index is 13.1. The Labute approximate surface area is 115 Å².